The fourth-order valence-corrected chi connectivity index (χ4v) is 8.80. The molecule has 0 unspecified atom stereocenters. The lowest BCUT2D eigenvalue weighted by molar-refractivity contribution is -0.693. The number of nitrogens with zero attached hydrogens (tertiary/aromatic N) is 24. The number of nitrogens with two attached hydrogens (primary N) is 4. The SMILES string of the molecule is C.C.C.C.C.C.C.C.C.C.C.CCN(C)C(=NC)NCCCCO.CCN(C)C1=NCCN1.CCN(C)C1=NCCN1C.CCN(C)C1=NCCO1.CCN(C)C1=NCCS1.CCN(C)CCN=C(C)N.CCN(C)CCN=C(N)N.CCN/C(=N\[N+](=O)[O-])NC.CC[n+]1ccccc1.CCn1ccnc1.CCn1ccnc1.CCn1ccnc1N. The number of unbranched alkanes of at least 4 members (excludes halogenated alkanes) is 1. The minimum Gasteiger partial charge on any atom is -0.463 e. The van der Waals surface area contributed by atoms with Crippen molar-refractivity contribution in [3.8, 4) is 0 Å². The minimum atomic E-state index is -0.755. The van der Waals surface area contributed by atoms with Crippen molar-refractivity contribution in [2.24, 2.45) is 57.2 Å². The normalized spacial score (nSPS) is 11.6. The summed E-state index contributed by atoms with van der Waals surface area (Å²) in [5, 5.41) is 33.4. The summed E-state index contributed by atoms with van der Waals surface area (Å²) in [4.78, 5) is 67.4. The lowest BCUT2D eigenvalue weighted by Gasteiger charge is -2.22. The van der Waals surface area contributed by atoms with Crippen LogP contribution in [0, 0.1) is 10.1 Å². The Morgan fingerprint density at radius 2 is 1.19 bits per heavy atom. The van der Waals surface area contributed by atoms with E-state index in [1.165, 1.54) is 10.9 Å². The second-order valence-corrected chi connectivity index (χ2v) is 25.0. The van der Waals surface area contributed by atoms with Crippen molar-refractivity contribution in [3.63, 3.8) is 0 Å². The number of hydrogen-bond donors (Lipinski definition) is 9. The van der Waals surface area contributed by atoms with Crippen LogP contribution in [0.1, 0.15) is 185 Å². The number of imidazole rings is 3. The number of rotatable bonds is 23. The van der Waals surface area contributed by atoms with Crippen LogP contribution >= 0.6 is 11.8 Å². The van der Waals surface area contributed by atoms with Crippen molar-refractivity contribution in [1.29, 1.82) is 0 Å². The number of nitro groups is 1. The van der Waals surface area contributed by atoms with Crippen molar-refractivity contribution < 1.29 is 19.4 Å². The molecule has 4 aliphatic rings. The lowest BCUT2D eigenvalue weighted by Crippen LogP contribution is -2.39. The number of aliphatic hydroxyl groups is 1. The van der Waals surface area contributed by atoms with Crippen molar-refractivity contribution in [1.82, 2.24) is 89.1 Å². The van der Waals surface area contributed by atoms with E-state index in [0.29, 0.717) is 24.9 Å². The van der Waals surface area contributed by atoms with Gasteiger partial charge in [-0.3, -0.25) is 30.0 Å². The van der Waals surface area contributed by atoms with E-state index >= 15 is 0 Å². The summed E-state index contributed by atoms with van der Waals surface area (Å²) in [6, 6.07) is 6.87. The zero-order chi connectivity index (χ0) is 83.7. The Morgan fingerprint density at radius 3 is 1.50 bits per heavy atom. The van der Waals surface area contributed by atoms with Gasteiger partial charge in [0.05, 0.1) is 57.8 Å². The van der Waals surface area contributed by atoms with Gasteiger partial charge in [0.15, 0.2) is 52.4 Å². The average Bonchev–Trinajstić information content (AvgIpc) is 1.76. The topological polar surface area (TPSA) is 407 Å². The molecule has 720 valence electrons. The van der Waals surface area contributed by atoms with Gasteiger partial charge in [0.25, 0.3) is 12.0 Å². The van der Waals surface area contributed by atoms with Crippen LogP contribution in [0.25, 0.3) is 0 Å². The number of aryl methyl sites for hydroxylation is 4. The maximum absolute atomic E-state index is 9.78. The number of hydrazone groups is 1. The Hall–Kier alpha value is -9.23. The van der Waals surface area contributed by atoms with E-state index < -0.39 is 5.03 Å². The first-order valence-electron chi connectivity index (χ1n) is 38.4. The number of aliphatic imine (C=N–C) groups is 7. The minimum absolute atomic E-state index is 0. The zero-order valence-electron chi connectivity index (χ0n) is 71.9. The molecule has 0 saturated carbocycles. The van der Waals surface area contributed by atoms with Crippen LogP contribution in [0.4, 0.5) is 5.95 Å². The highest BCUT2D eigenvalue weighted by Crippen LogP contribution is 2.13. The number of amidine groups is 3. The molecule has 0 spiro atoms. The molecule has 0 aromatic carbocycles. The number of aliphatic hydroxyl groups excluding tert-OH is 1. The first-order chi connectivity index (χ1) is 52.7. The van der Waals surface area contributed by atoms with E-state index in [2.05, 4.69) is 225 Å². The van der Waals surface area contributed by atoms with Gasteiger partial charge in [0.2, 0.25) is 0 Å². The van der Waals surface area contributed by atoms with Gasteiger partial charge < -0.3 is 107 Å². The number of pyridine rings is 1. The molecule has 13 N–H and O–H groups in total. The number of ether oxygens (including phenoxy) is 1. The van der Waals surface area contributed by atoms with Gasteiger partial charge in [-0.15, -0.1) is 0 Å². The molecule has 37 heteroatoms. The Kier molecular flexibility index (Phi) is 123. The second-order valence-electron chi connectivity index (χ2n) is 23.9. The fourth-order valence-electron chi connectivity index (χ4n) is 7.90. The molecule has 121 heavy (non-hydrogen) atoms. The predicted molar refractivity (Wildman–Crippen MR) is 538 cm³/mol. The van der Waals surface area contributed by atoms with E-state index in [-0.39, 0.29) is 100 Å². The quantitative estimate of drug-likeness (QED) is 0.00832. The molecule has 0 saturated heterocycles. The van der Waals surface area contributed by atoms with Crippen LogP contribution < -0.4 is 48.8 Å². The molecule has 8 heterocycles. The van der Waals surface area contributed by atoms with Gasteiger partial charge in [-0.1, -0.05) is 113 Å². The third kappa shape index (κ3) is 84.2. The summed E-state index contributed by atoms with van der Waals surface area (Å²) in [5.41, 5.74) is 21.0. The fraction of sp³-hybridized carbons (Fsp3) is 0.738. The van der Waals surface area contributed by atoms with Crippen LogP contribution in [0.5, 0.6) is 0 Å². The highest BCUT2D eigenvalue weighted by molar-refractivity contribution is 8.14. The molecular formula is C84H195N32O4S+. The maximum atomic E-state index is 9.78. The lowest BCUT2D eigenvalue weighted by atomic mass is 10.3. The first-order valence-corrected chi connectivity index (χ1v) is 39.4. The Bertz CT molecular complexity index is 2870. The summed E-state index contributed by atoms with van der Waals surface area (Å²) in [6.45, 7) is 49.5. The Morgan fingerprint density at radius 1 is 0.653 bits per heavy atom. The number of nitrogen functional groups attached to an aromatic ring is 1. The van der Waals surface area contributed by atoms with Crippen molar-refractivity contribution in [2.45, 2.75) is 211 Å². The maximum Gasteiger partial charge on any atom is 0.287 e. The molecule has 8 rings (SSSR count). The number of thioether (sulfide) groups is 1. The number of likely N-dealkylation sites (N-methyl/N-ethyl adjacent to an activating group) is 3. The molecule has 4 aromatic rings. The standard InChI is InChI=1S/C9H21N3O.C7H15N3.C7H17N3.C7H10N.C6H16N4.C6H13N3.C6H12N2O.C6H12N2S.C5H9N3.2C5H8N2.C4H10N4O2.11CH4/c1-4-12(3)9(10-2)11-7-5-6-8-13;1-4-9(2)7-8-5-6-10(7)3;1-4-10(3)6-5-9-7(2)8;1-2-8-6-4-3-5-7-8;1-3-10(2)5-4-9-6(7)8;1-3-9(2)6-7-4-5-8-6;2*1-3-8(2)6-7-4-5-9-6;1-2-8-4-3-7-5(8)6;2*1-2-7-4-3-6-5-7;1-3-6-4(5-2)7-8(9)10;;;;;;;;;;;/h13H,4-8H2,1-3H3,(H,10,11);4-6H2,1-3H3;4-6H2,1-3H3,(H2,8,9);3-7H,2H2,1H3;3-5H2,1-2H3,(H4,7,8,9);3-5H2,1-2H3,(H,7,8);2*3-5H2,1-2H3;3-4H,2H2,1H3,(H2,6,7);2*3-5H,2H2,1H3;3H2,1-2H3,(H2,5,6,7);11*1H4/q;;;+1;;;;;;;;;;;;;;;;;;;. The molecule has 0 bridgehead atoms. The second kappa shape index (κ2) is 101. The van der Waals surface area contributed by atoms with E-state index in [0.717, 1.165) is 181 Å². The van der Waals surface area contributed by atoms with Crippen LogP contribution in [-0.2, 0) is 30.9 Å². The number of nitrogens with one attached hydrogen (secondary N) is 4. The van der Waals surface area contributed by atoms with Gasteiger partial charge >= 0.3 is 0 Å². The van der Waals surface area contributed by atoms with E-state index in [9.17, 15) is 10.1 Å². The summed E-state index contributed by atoms with van der Waals surface area (Å²) in [6.07, 6.45) is 20.5. The van der Waals surface area contributed by atoms with Crippen LogP contribution in [0.2, 0.25) is 0 Å². The summed E-state index contributed by atoms with van der Waals surface area (Å²) >= 11 is 1.85. The molecule has 0 atom stereocenters. The van der Waals surface area contributed by atoms with Gasteiger partial charge in [-0.2, -0.15) is 0 Å². The van der Waals surface area contributed by atoms with Crippen LogP contribution in [0.3, 0.4) is 0 Å². The van der Waals surface area contributed by atoms with Gasteiger partial charge in [-0.05, 0) is 116 Å². The van der Waals surface area contributed by atoms with Crippen LogP contribution in [-0.4, -0.2) is 339 Å². The van der Waals surface area contributed by atoms with Gasteiger partial charge in [-0.25, -0.2) is 34.6 Å². The molecule has 4 aromatic heterocycles. The largest absolute Gasteiger partial charge is 0.463 e. The smallest absolute Gasteiger partial charge is 0.287 e. The van der Waals surface area contributed by atoms with Gasteiger partial charge in [0.1, 0.15) is 18.3 Å². The number of guanidine groups is 5. The van der Waals surface area contributed by atoms with E-state index in [1.54, 1.807) is 45.3 Å². The van der Waals surface area contributed by atoms with Crippen molar-refractivity contribution in [2.75, 3.05) is 220 Å². The molecule has 36 nitrogen and oxygen atoms in total. The molecular weight excluding hydrogens is 1550 g/mol. The van der Waals surface area contributed by atoms with Crippen LogP contribution in [0.15, 0.2) is 120 Å². The number of hydrogen-bond acceptors (Lipinski definition) is 24. The highest BCUT2D eigenvalue weighted by Gasteiger charge is 2.15. The molecule has 4 aliphatic heterocycles. The van der Waals surface area contributed by atoms with E-state index in [1.807, 2.05) is 116 Å². The Balaban J connectivity index is -0.0000000775. The number of anilines is 1. The summed E-state index contributed by atoms with van der Waals surface area (Å²) in [5.74, 6) is 5.86. The third-order valence-corrected chi connectivity index (χ3v) is 16.6. The monoisotopic (exact) mass is 1750 g/mol. The van der Waals surface area contributed by atoms with E-state index in [4.69, 9.17) is 32.8 Å². The first kappa shape index (κ1) is 146. The molecule has 0 aliphatic carbocycles. The molecule has 0 fully saturated rings. The zero-order valence-corrected chi connectivity index (χ0v) is 72.7. The predicted octanol–water partition coefficient (Wildman–Crippen LogP) is 11.0. The highest BCUT2D eigenvalue weighted by atomic mass is 32.2. The Labute approximate surface area is 747 Å². The summed E-state index contributed by atoms with van der Waals surface area (Å²) < 4.78 is 13.2. The third-order valence-electron chi connectivity index (χ3n) is 15.5. The van der Waals surface area contributed by atoms with Crippen molar-refractivity contribution >= 4 is 64.5 Å². The molecule has 0 amide bonds. The average molecular weight is 1750 g/mol. The summed E-state index contributed by atoms with van der Waals surface area (Å²) in [7, 11) is 19.7. The van der Waals surface area contributed by atoms with Crippen molar-refractivity contribution in [3.05, 3.63) is 90.5 Å². The number of aromatic nitrogens is 7. The molecule has 0 radical (unpaired) electrons. The van der Waals surface area contributed by atoms with Gasteiger partial charge in [0, 0.05) is 210 Å².